The molecular weight excluding hydrogens is 483 g/mol. The second-order valence-electron chi connectivity index (χ2n) is 9.91. The van der Waals surface area contributed by atoms with Gasteiger partial charge in [0.25, 0.3) is 0 Å². The number of nitrogens with one attached hydrogen (secondary N) is 1. The number of likely N-dealkylation sites (tertiary alicyclic amines) is 1. The topological polar surface area (TPSA) is 54.0 Å². The van der Waals surface area contributed by atoms with E-state index in [9.17, 15) is 18.0 Å². The molecule has 0 aromatic heterocycles. The lowest BCUT2D eigenvalue weighted by molar-refractivity contribution is -0.137. The Balaban J connectivity index is 1.33. The van der Waals surface area contributed by atoms with Gasteiger partial charge >= 0.3 is 6.18 Å². The first-order valence-corrected chi connectivity index (χ1v) is 13.0. The molecular formula is C28H36F3N3O3. The van der Waals surface area contributed by atoms with Crippen molar-refractivity contribution in [3.8, 4) is 5.75 Å². The van der Waals surface area contributed by atoms with E-state index in [4.69, 9.17) is 9.47 Å². The molecule has 2 aromatic rings. The van der Waals surface area contributed by atoms with Gasteiger partial charge in [-0.25, -0.2) is 0 Å². The summed E-state index contributed by atoms with van der Waals surface area (Å²) < 4.78 is 50.4. The molecule has 37 heavy (non-hydrogen) atoms. The van der Waals surface area contributed by atoms with Crippen molar-refractivity contribution in [1.29, 1.82) is 0 Å². The number of amides is 1. The van der Waals surface area contributed by atoms with Gasteiger partial charge in [0.15, 0.2) is 0 Å². The lowest BCUT2D eigenvalue weighted by Gasteiger charge is -2.37. The van der Waals surface area contributed by atoms with Crippen molar-refractivity contribution >= 4 is 5.91 Å². The van der Waals surface area contributed by atoms with E-state index in [1.165, 1.54) is 6.07 Å². The Labute approximate surface area is 216 Å². The van der Waals surface area contributed by atoms with E-state index < -0.39 is 11.7 Å². The summed E-state index contributed by atoms with van der Waals surface area (Å²) in [5.41, 5.74) is 0.431. The zero-order valence-electron chi connectivity index (χ0n) is 21.1. The van der Waals surface area contributed by atoms with Crippen molar-refractivity contribution in [1.82, 2.24) is 15.1 Å². The third kappa shape index (κ3) is 8.72. The molecule has 1 N–H and O–H groups in total. The fourth-order valence-electron chi connectivity index (χ4n) is 5.04. The Morgan fingerprint density at radius 2 is 1.81 bits per heavy atom. The van der Waals surface area contributed by atoms with Crippen LogP contribution in [0.4, 0.5) is 13.2 Å². The summed E-state index contributed by atoms with van der Waals surface area (Å²) in [6.07, 6.45) is -2.89. The highest BCUT2D eigenvalue weighted by Crippen LogP contribution is 2.32. The van der Waals surface area contributed by atoms with Crippen molar-refractivity contribution in [2.24, 2.45) is 11.8 Å². The molecule has 202 valence electrons. The number of alkyl halides is 3. The Bertz CT molecular complexity index is 983. The van der Waals surface area contributed by atoms with Crippen LogP contribution in [0.2, 0.25) is 0 Å². The van der Waals surface area contributed by atoms with Crippen molar-refractivity contribution in [3.63, 3.8) is 0 Å². The zero-order valence-corrected chi connectivity index (χ0v) is 21.1. The Morgan fingerprint density at radius 3 is 2.57 bits per heavy atom. The van der Waals surface area contributed by atoms with E-state index in [1.807, 2.05) is 18.2 Å². The van der Waals surface area contributed by atoms with Crippen LogP contribution in [0.3, 0.4) is 0 Å². The first-order valence-electron chi connectivity index (χ1n) is 13.0. The van der Waals surface area contributed by atoms with Crippen LogP contribution in [0, 0.1) is 11.8 Å². The summed E-state index contributed by atoms with van der Waals surface area (Å²) in [5, 5.41) is 3.11. The van der Waals surface area contributed by atoms with Crippen LogP contribution in [0.25, 0.3) is 0 Å². The molecule has 2 aliphatic heterocycles. The minimum atomic E-state index is -4.42. The number of morpholine rings is 1. The number of hydrogen-bond acceptors (Lipinski definition) is 5. The average molecular weight is 520 g/mol. The summed E-state index contributed by atoms with van der Waals surface area (Å²) in [5.74, 6) is 0.0509. The highest BCUT2D eigenvalue weighted by Gasteiger charge is 2.33. The molecule has 0 saturated carbocycles. The van der Waals surface area contributed by atoms with Gasteiger partial charge in [0, 0.05) is 45.2 Å². The minimum Gasteiger partial charge on any atom is -0.493 e. The summed E-state index contributed by atoms with van der Waals surface area (Å²) in [6, 6.07) is 15.0. The molecule has 2 atom stereocenters. The quantitative estimate of drug-likeness (QED) is 0.480. The van der Waals surface area contributed by atoms with Gasteiger partial charge < -0.3 is 14.8 Å². The van der Waals surface area contributed by atoms with E-state index in [2.05, 4.69) is 27.2 Å². The molecule has 9 heteroatoms. The second kappa shape index (κ2) is 13.3. The number of carbonyl (C=O) groups is 1. The predicted octanol–water partition coefficient (Wildman–Crippen LogP) is 4.06. The number of nitrogens with zero attached hydrogens (tertiary/aromatic N) is 2. The van der Waals surface area contributed by atoms with Gasteiger partial charge in [-0.05, 0) is 43.1 Å². The van der Waals surface area contributed by atoms with Crippen LogP contribution < -0.4 is 10.1 Å². The molecule has 0 radical (unpaired) electrons. The Morgan fingerprint density at radius 1 is 1.03 bits per heavy atom. The van der Waals surface area contributed by atoms with Crippen LogP contribution in [-0.2, 0) is 22.3 Å². The van der Waals surface area contributed by atoms with Crippen LogP contribution in [0.5, 0.6) is 5.75 Å². The lowest BCUT2D eigenvalue weighted by atomic mass is 9.88. The number of piperidine rings is 1. The lowest BCUT2D eigenvalue weighted by Crippen LogP contribution is -2.47. The van der Waals surface area contributed by atoms with E-state index in [1.54, 1.807) is 6.07 Å². The fourth-order valence-corrected chi connectivity index (χ4v) is 5.04. The van der Waals surface area contributed by atoms with Crippen LogP contribution in [0.1, 0.15) is 24.0 Å². The van der Waals surface area contributed by atoms with E-state index in [0.717, 1.165) is 57.0 Å². The Hall–Kier alpha value is -2.62. The molecule has 2 fully saturated rings. The standard InChI is InChI=1S/C28H36F3N3O3/c29-28(30,31)25-8-4-9-26(17-25)37-21-23-16-24(20-34(19-23)18-22-6-2-1-3-7-22)27(35)32-10-5-11-33-12-14-36-15-13-33/h1-4,6-9,17,23-24H,5,10-16,18-21H2,(H,32,35)/t23-,24+/m0/s1. The van der Waals surface area contributed by atoms with Gasteiger partial charge in [-0.3, -0.25) is 14.6 Å². The molecule has 0 spiro atoms. The maximum absolute atomic E-state index is 13.1. The van der Waals surface area contributed by atoms with Gasteiger partial charge in [-0.1, -0.05) is 36.4 Å². The molecule has 0 bridgehead atoms. The third-order valence-corrected chi connectivity index (χ3v) is 6.93. The number of benzene rings is 2. The number of ether oxygens (including phenoxy) is 2. The molecule has 0 aliphatic carbocycles. The molecule has 2 aromatic carbocycles. The Kier molecular flexibility index (Phi) is 9.82. The maximum Gasteiger partial charge on any atom is 0.416 e. The summed E-state index contributed by atoms with van der Waals surface area (Å²) in [7, 11) is 0. The highest BCUT2D eigenvalue weighted by atomic mass is 19.4. The van der Waals surface area contributed by atoms with Gasteiger partial charge in [-0.2, -0.15) is 13.2 Å². The first-order chi connectivity index (χ1) is 17.9. The molecule has 0 unspecified atom stereocenters. The second-order valence-corrected chi connectivity index (χ2v) is 9.91. The summed E-state index contributed by atoms with van der Waals surface area (Å²) in [4.78, 5) is 17.7. The predicted molar refractivity (Wildman–Crippen MR) is 135 cm³/mol. The summed E-state index contributed by atoms with van der Waals surface area (Å²) >= 11 is 0. The number of hydrogen-bond donors (Lipinski definition) is 1. The highest BCUT2D eigenvalue weighted by molar-refractivity contribution is 5.79. The molecule has 1 amide bonds. The minimum absolute atomic E-state index is 0.0242. The van der Waals surface area contributed by atoms with Crippen molar-refractivity contribution in [2.75, 3.05) is 59.1 Å². The molecule has 2 aliphatic rings. The van der Waals surface area contributed by atoms with E-state index in [-0.39, 0.29) is 30.1 Å². The maximum atomic E-state index is 13.1. The van der Waals surface area contributed by atoms with Crippen LogP contribution in [0.15, 0.2) is 54.6 Å². The van der Waals surface area contributed by atoms with Crippen LogP contribution in [-0.4, -0.2) is 74.8 Å². The van der Waals surface area contributed by atoms with Gasteiger partial charge in [0.05, 0.1) is 31.3 Å². The molecule has 4 rings (SSSR count). The number of carbonyl (C=O) groups excluding carboxylic acids is 1. The number of rotatable bonds is 10. The van der Waals surface area contributed by atoms with E-state index in [0.29, 0.717) is 32.6 Å². The first kappa shape index (κ1) is 27.4. The monoisotopic (exact) mass is 519 g/mol. The zero-order chi connectivity index (χ0) is 26.1. The smallest absolute Gasteiger partial charge is 0.416 e. The SMILES string of the molecule is O=C(NCCCN1CCOCC1)[C@@H]1C[C@H](COc2cccc(C(F)(F)F)c2)CN(Cc2ccccc2)C1. The van der Waals surface area contributed by atoms with Crippen LogP contribution >= 0.6 is 0 Å². The van der Waals surface area contributed by atoms with E-state index >= 15 is 0 Å². The van der Waals surface area contributed by atoms with Gasteiger partial charge in [0.2, 0.25) is 5.91 Å². The largest absolute Gasteiger partial charge is 0.493 e. The van der Waals surface area contributed by atoms with Crippen molar-refractivity contribution in [2.45, 2.75) is 25.6 Å². The van der Waals surface area contributed by atoms with Crippen molar-refractivity contribution in [3.05, 3.63) is 65.7 Å². The van der Waals surface area contributed by atoms with Crippen molar-refractivity contribution < 1.29 is 27.4 Å². The summed E-state index contributed by atoms with van der Waals surface area (Å²) in [6.45, 7) is 7.26. The normalized spacial score (nSPS) is 21.5. The van der Waals surface area contributed by atoms with Gasteiger partial charge in [-0.15, -0.1) is 0 Å². The third-order valence-electron chi connectivity index (χ3n) is 6.93. The fraction of sp³-hybridized carbons (Fsp3) is 0.536. The average Bonchev–Trinajstić information content (AvgIpc) is 2.90. The van der Waals surface area contributed by atoms with Gasteiger partial charge in [0.1, 0.15) is 5.75 Å². The molecule has 2 heterocycles. The molecule has 6 nitrogen and oxygen atoms in total. The molecule has 2 saturated heterocycles. The number of halogens is 3.